The molecule has 3 saturated carbocycles. The van der Waals surface area contributed by atoms with Gasteiger partial charge < -0.3 is 10.6 Å². The molecule has 4 heteroatoms. The number of primary amides is 1. The number of nitrogens with two attached hydrogens (primary N) is 1. The molecule has 3 aliphatic carbocycles. The van der Waals surface area contributed by atoms with Gasteiger partial charge in [0.05, 0.1) is 0 Å². The molecular formula is C24H32N2O2. The van der Waals surface area contributed by atoms with Crippen molar-refractivity contribution in [2.24, 2.45) is 28.9 Å². The molecule has 1 aliphatic heterocycles. The lowest BCUT2D eigenvalue weighted by Crippen LogP contribution is -2.43. The quantitative estimate of drug-likeness (QED) is 0.851. The number of likely N-dealkylation sites (tertiary alicyclic amines) is 1. The van der Waals surface area contributed by atoms with Crippen molar-refractivity contribution in [2.45, 2.75) is 63.7 Å². The summed E-state index contributed by atoms with van der Waals surface area (Å²) in [7, 11) is 0. The van der Waals surface area contributed by atoms with Crippen molar-refractivity contribution in [3.63, 3.8) is 0 Å². The van der Waals surface area contributed by atoms with Gasteiger partial charge in [0.1, 0.15) is 0 Å². The fourth-order valence-corrected chi connectivity index (χ4v) is 6.26. The van der Waals surface area contributed by atoms with Crippen molar-refractivity contribution in [1.29, 1.82) is 0 Å². The number of carbonyl (C=O) groups excluding carboxylic acids is 2. The summed E-state index contributed by atoms with van der Waals surface area (Å²) in [6.45, 7) is 8.56. The normalized spacial score (nSPS) is 37.7. The minimum Gasteiger partial charge on any atom is -0.370 e. The molecule has 5 rings (SSSR count). The summed E-state index contributed by atoms with van der Waals surface area (Å²) in [5, 5.41) is 0. The van der Waals surface area contributed by atoms with Crippen LogP contribution in [-0.2, 0) is 20.4 Å². The number of carbonyl (C=O) groups is 2. The number of rotatable bonds is 5. The topological polar surface area (TPSA) is 63.4 Å². The van der Waals surface area contributed by atoms with E-state index in [0.29, 0.717) is 24.2 Å². The SMILES string of the molecule is CC(C)(C)c1ccc(C23CC2CN(C(=O)[C@@H]2C[C@]4(CCC(N)=O)CC24)C3)cc1. The number of piperidine rings is 1. The molecule has 2 amide bonds. The van der Waals surface area contributed by atoms with Crippen molar-refractivity contribution in [2.75, 3.05) is 13.1 Å². The zero-order chi connectivity index (χ0) is 19.9. The third-order valence-electron chi connectivity index (χ3n) is 8.33. The number of hydrogen-bond donors (Lipinski definition) is 1. The lowest BCUT2D eigenvalue weighted by molar-refractivity contribution is -0.140. The minimum atomic E-state index is -0.214. The van der Waals surface area contributed by atoms with Gasteiger partial charge in [0, 0.05) is 30.8 Å². The summed E-state index contributed by atoms with van der Waals surface area (Å²) in [6.07, 6.45) is 4.66. The molecule has 150 valence electrons. The van der Waals surface area contributed by atoms with Crippen LogP contribution in [0, 0.1) is 23.2 Å². The molecule has 4 fully saturated rings. The Morgan fingerprint density at radius 1 is 1.14 bits per heavy atom. The molecule has 28 heavy (non-hydrogen) atoms. The molecule has 4 nitrogen and oxygen atoms in total. The van der Waals surface area contributed by atoms with Crippen LogP contribution < -0.4 is 5.73 Å². The lowest BCUT2D eigenvalue weighted by atomic mass is 9.71. The second kappa shape index (κ2) is 5.61. The van der Waals surface area contributed by atoms with E-state index in [-0.39, 0.29) is 28.1 Å². The Labute approximate surface area is 167 Å². The Morgan fingerprint density at radius 2 is 1.86 bits per heavy atom. The smallest absolute Gasteiger partial charge is 0.226 e. The Balaban J connectivity index is 1.22. The van der Waals surface area contributed by atoms with E-state index in [4.69, 9.17) is 5.73 Å². The van der Waals surface area contributed by atoms with Crippen molar-refractivity contribution >= 4 is 11.8 Å². The predicted molar refractivity (Wildman–Crippen MR) is 109 cm³/mol. The molecule has 1 aromatic carbocycles. The van der Waals surface area contributed by atoms with E-state index in [9.17, 15) is 9.59 Å². The van der Waals surface area contributed by atoms with Crippen LogP contribution in [0.3, 0.4) is 0 Å². The zero-order valence-corrected chi connectivity index (χ0v) is 17.3. The van der Waals surface area contributed by atoms with Gasteiger partial charge in [0.2, 0.25) is 11.8 Å². The second-order valence-electron chi connectivity index (χ2n) is 11.1. The molecule has 3 unspecified atom stereocenters. The van der Waals surface area contributed by atoms with Gasteiger partial charge >= 0.3 is 0 Å². The van der Waals surface area contributed by atoms with E-state index in [1.807, 2.05) is 0 Å². The van der Waals surface area contributed by atoms with Crippen molar-refractivity contribution in [3.05, 3.63) is 35.4 Å². The van der Waals surface area contributed by atoms with E-state index in [1.165, 1.54) is 17.5 Å². The number of fused-ring (bicyclic) bond motifs is 2. The number of benzene rings is 1. The third kappa shape index (κ3) is 2.63. The van der Waals surface area contributed by atoms with Crippen molar-refractivity contribution < 1.29 is 9.59 Å². The van der Waals surface area contributed by atoms with Crippen LogP contribution in [0.15, 0.2) is 24.3 Å². The summed E-state index contributed by atoms with van der Waals surface area (Å²) < 4.78 is 0. The van der Waals surface area contributed by atoms with Crippen LogP contribution in [0.1, 0.15) is 64.0 Å². The van der Waals surface area contributed by atoms with Gasteiger partial charge in [0.25, 0.3) is 0 Å². The van der Waals surface area contributed by atoms with E-state index >= 15 is 0 Å². The average Bonchev–Trinajstić information content (AvgIpc) is 3.43. The summed E-state index contributed by atoms with van der Waals surface area (Å²) in [5.41, 5.74) is 8.74. The first-order valence-electron chi connectivity index (χ1n) is 10.8. The minimum absolute atomic E-state index is 0.173. The molecule has 0 aromatic heterocycles. The maximum atomic E-state index is 13.1. The fraction of sp³-hybridized carbons (Fsp3) is 0.667. The maximum absolute atomic E-state index is 13.1. The summed E-state index contributed by atoms with van der Waals surface area (Å²) in [6, 6.07) is 9.14. The van der Waals surface area contributed by atoms with Crippen molar-refractivity contribution in [1.82, 2.24) is 4.90 Å². The molecular weight excluding hydrogens is 348 g/mol. The molecule has 2 N–H and O–H groups in total. The number of nitrogens with zero attached hydrogens (tertiary/aromatic N) is 1. The van der Waals surface area contributed by atoms with Gasteiger partial charge in [0.15, 0.2) is 0 Å². The van der Waals surface area contributed by atoms with Gasteiger partial charge in [-0.15, -0.1) is 0 Å². The van der Waals surface area contributed by atoms with E-state index < -0.39 is 0 Å². The van der Waals surface area contributed by atoms with Gasteiger partial charge in [-0.05, 0) is 59.5 Å². The van der Waals surface area contributed by atoms with Gasteiger partial charge in [-0.25, -0.2) is 0 Å². The Hall–Kier alpha value is -1.84. The molecule has 4 aliphatic rings. The maximum Gasteiger partial charge on any atom is 0.226 e. The first-order chi connectivity index (χ1) is 13.1. The van der Waals surface area contributed by atoms with Crippen LogP contribution in [0.2, 0.25) is 0 Å². The first kappa shape index (κ1) is 18.2. The predicted octanol–water partition coefficient (Wildman–Crippen LogP) is 3.38. The Kier molecular flexibility index (Phi) is 3.65. The van der Waals surface area contributed by atoms with Gasteiger partial charge in [-0.3, -0.25) is 9.59 Å². The monoisotopic (exact) mass is 380 g/mol. The molecule has 0 spiro atoms. The number of amides is 2. The van der Waals surface area contributed by atoms with Crippen LogP contribution in [0.25, 0.3) is 0 Å². The summed E-state index contributed by atoms with van der Waals surface area (Å²) in [4.78, 5) is 26.3. The van der Waals surface area contributed by atoms with E-state index in [2.05, 4.69) is 49.9 Å². The van der Waals surface area contributed by atoms with Crippen LogP contribution >= 0.6 is 0 Å². The number of hydrogen-bond acceptors (Lipinski definition) is 2. The standard InChI is InChI=1S/C24H32N2O2/c1-22(2,3)15-4-6-16(7-5-15)24-10-17(24)13-26(14-24)21(28)18-11-23(12-19(18)23)9-8-20(25)27/h4-7,17-19H,8-14H2,1-3H3,(H2,25,27)/t17?,18-,19?,23-,24?/m1/s1. The molecule has 1 heterocycles. The highest BCUT2D eigenvalue weighted by atomic mass is 16.2. The Bertz CT molecular complexity index is 839. The summed E-state index contributed by atoms with van der Waals surface area (Å²) >= 11 is 0. The highest BCUT2D eigenvalue weighted by Crippen LogP contribution is 2.73. The first-order valence-corrected chi connectivity index (χ1v) is 10.8. The van der Waals surface area contributed by atoms with Crippen LogP contribution in [0.4, 0.5) is 0 Å². The Morgan fingerprint density at radius 3 is 2.46 bits per heavy atom. The highest BCUT2D eigenvalue weighted by molar-refractivity contribution is 5.82. The molecule has 1 aromatic rings. The van der Waals surface area contributed by atoms with E-state index in [1.54, 1.807) is 0 Å². The highest BCUT2D eigenvalue weighted by Gasteiger charge is 2.70. The fourth-order valence-electron chi connectivity index (χ4n) is 6.26. The molecule has 0 bridgehead atoms. The molecule has 5 atom stereocenters. The van der Waals surface area contributed by atoms with Gasteiger partial charge in [-0.2, -0.15) is 0 Å². The van der Waals surface area contributed by atoms with Crippen LogP contribution in [0.5, 0.6) is 0 Å². The van der Waals surface area contributed by atoms with E-state index in [0.717, 1.165) is 32.4 Å². The zero-order valence-electron chi connectivity index (χ0n) is 17.3. The second-order valence-corrected chi connectivity index (χ2v) is 11.1. The van der Waals surface area contributed by atoms with Crippen molar-refractivity contribution in [3.8, 4) is 0 Å². The largest absolute Gasteiger partial charge is 0.370 e. The molecule has 0 radical (unpaired) electrons. The lowest BCUT2D eigenvalue weighted by Gasteiger charge is -2.36. The molecule has 1 saturated heterocycles. The summed E-state index contributed by atoms with van der Waals surface area (Å²) in [5.74, 6) is 1.50. The third-order valence-corrected chi connectivity index (χ3v) is 8.33. The van der Waals surface area contributed by atoms with Crippen LogP contribution in [-0.4, -0.2) is 29.8 Å². The van der Waals surface area contributed by atoms with Gasteiger partial charge in [-0.1, -0.05) is 45.0 Å². The average molecular weight is 381 g/mol.